The number of benzene rings is 1. The maximum Gasteiger partial charge on any atom is 0.193 e. The molecule has 0 bridgehead atoms. The van der Waals surface area contributed by atoms with Crippen LogP contribution in [0.15, 0.2) is 29.3 Å². The van der Waals surface area contributed by atoms with Crippen molar-refractivity contribution in [1.29, 1.82) is 0 Å². The van der Waals surface area contributed by atoms with E-state index >= 15 is 0 Å². The molecule has 22 heavy (non-hydrogen) atoms. The molecule has 0 aliphatic heterocycles. The van der Waals surface area contributed by atoms with Crippen LogP contribution < -0.4 is 11.1 Å². The first kappa shape index (κ1) is 16.1. The summed E-state index contributed by atoms with van der Waals surface area (Å²) in [6, 6.07) is 8.07. The number of aryl methyl sites for hydroxylation is 3. The van der Waals surface area contributed by atoms with Crippen molar-refractivity contribution in [3.8, 4) is 0 Å². The number of rotatable bonds is 5. The second kappa shape index (κ2) is 7.11. The average molecular weight is 299 g/mol. The first-order valence-electron chi connectivity index (χ1n) is 7.72. The number of guanidine groups is 1. The van der Waals surface area contributed by atoms with Crippen LogP contribution in [-0.4, -0.2) is 15.7 Å². The largest absolute Gasteiger partial charge is 0.370 e. The highest BCUT2D eigenvalue weighted by Gasteiger charge is 2.12. The topological polar surface area (TPSA) is 68.2 Å². The smallest absolute Gasteiger partial charge is 0.193 e. The Labute approximate surface area is 132 Å². The molecule has 0 fully saturated rings. The van der Waals surface area contributed by atoms with Crippen LogP contribution in [0.25, 0.3) is 0 Å². The van der Waals surface area contributed by atoms with Crippen LogP contribution in [0, 0.1) is 6.92 Å². The zero-order valence-electron chi connectivity index (χ0n) is 13.8. The van der Waals surface area contributed by atoms with Crippen LogP contribution in [0.1, 0.15) is 36.4 Å². The van der Waals surface area contributed by atoms with Crippen LogP contribution >= 0.6 is 0 Å². The minimum absolute atomic E-state index is 0.429. The number of nitrogens with one attached hydrogen (secondary N) is 1. The third kappa shape index (κ3) is 3.67. The standard InChI is InChI=1S/C17H25N5/c1-5-15-14(16(6-2)22(4)21-15)11-19-17(18)20-13-9-7-8-12(3)10-13/h7-10H,5-6,11H2,1-4H3,(H3,18,19,20). The van der Waals surface area contributed by atoms with E-state index in [-0.39, 0.29) is 0 Å². The van der Waals surface area contributed by atoms with Gasteiger partial charge >= 0.3 is 0 Å². The van der Waals surface area contributed by atoms with E-state index in [0.29, 0.717) is 12.5 Å². The molecule has 5 heteroatoms. The van der Waals surface area contributed by atoms with Gasteiger partial charge in [0.15, 0.2) is 5.96 Å². The number of anilines is 1. The van der Waals surface area contributed by atoms with Crippen molar-refractivity contribution >= 4 is 11.6 Å². The molecule has 0 aliphatic carbocycles. The third-order valence-corrected chi connectivity index (χ3v) is 3.73. The Kier molecular flexibility index (Phi) is 5.20. The Morgan fingerprint density at radius 2 is 2.09 bits per heavy atom. The summed E-state index contributed by atoms with van der Waals surface area (Å²) in [5, 5.41) is 7.69. The summed E-state index contributed by atoms with van der Waals surface area (Å²) in [4.78, 5) is 4.48. The zero-order chi connectivity index (χ0) is 16.1. The van der Waals surface area contributed by atoms with E-state index in [2.05, 4.69) is 42.2 Å². The second-order valence-corrected chi connectivity index (χ2v) is 5.40. The Balaban J connectivity index is 2.14. The zero-order valence-corrected chi connectivity index (χ0v) is 13.8. The SMILES string of the molecule is CCc1nn(C)c(CC)c1CN=C(N)Nc1cccc(C)c1. The van der Waals surface area contributed by atoms with Crippen LogP contribution in [0.5, 0.6) is 0 Å². The van der Waals surface area contributed by atoms with E-state index in [1.165, 1.54) is 16.8 Å². The van der Waals surface area contributed by atoms with Gasteiger partial charge in [-0.15, -0.1) is 0 Å². The molecule has 2 aromatic rings. The quantitative estimate of drug-likeness (QED) is 0.659. The van der Waals surface area contributed by atoms with Gasteiger partial charge in [-0.1, -0.05) is 26.0 Å². The van der Waals surface area contributed by atoms with Crippen molar-refractivity contribution in [3.05, 3.63) is 46.8 Å². The van der Waals surface area contributed by atoms with Gasteiger partial charge in [-0.25, -0.2) is 4.99 Å². The Morgan fingerprint density at radius 3 is 2.73 bits per heavy atom. The van der Waals surface area contributed by atoms with Gasteiger partial charge in [0.1, 0.15) is 0 Å². The van der Waals surface area contributed by atoms with Crippen molar-refractivity contribution in [3.63, 3.8) is 0 Å². The van der Waals surface area contributed by atoms with Crippen molar-refractivity contribution in [1.82, 2.24) is 9.78 Å². The molecule has 0 amide bonds. The van der Waals surface area contributed by atoms with Gasteiger partial charge in [0, 0.05) is 24.0 Å². The van der Waals surface area contributed by atoms with Gasteiger partial charge in [0.25, 0.3) is 0 Å². The molecule has 0 saturated heterocycles. The van der Waals surface area contributed by atoms with Crippen molar-refractivity contribution in [2.75, 3.05) is 5.32 Å². The van der Waals surface area contributed by atoms with Gasteiger partial charge in [0.2, 0.25) is 0 Å². The summed E-state index contributed by atoms with van der Waals surface area (Å²) < 4.78 is 1.95. The van der Waals surface area contributed by atoms with E-state index in [4.69, 9.17) is 5.73 Å². The number of aliphatic imine (C=N–C) groups is 1. The highest BCUT2D eigenvalue weighted by molar-refractivity contribution is 5.92. The summed E-state index contributed by atoms with van der Waals surface area (Å²) in [7, 11) is 1.99. The molecule has 5 nitrogen and oxygen atoms in total. The molecule has 1 heterocycles. The first-order valence-corrected chi connectivity index (χ1v) is 7.72. The van der Waals surface area contributed by atoms with Crippen molar-refractivity contribution < 1.29 is 0 Å². The summed E-state index contributed by atoms with van der Waals surface area (Å²) in [5.41, 5.74) is 11.7. The minimum atomic E-state index is 0.429. The number of hydrogen-bond acceptors (Lipinski definition) is 2. The predicted octanol–water partition coefficient (Wildman–Crippen LogP) is 2.78. The minimum Gasteiger partial charge on any atom is -0.370 e. The van der Waals surface area contributed by atoms with E-state index in [9.17, 15) is 0 Å². The molecule has 0 spiro atoms. The lowest BCUT2D eigenvalue weighted by atomic mass is 10.1. The number of aromatic nitrogens is 2. The fraction of sp³-hybridized carbons (Fsp3) is 0.412. The lowest BCUT2D eigenvalue weighted by Crippen LogP contribution is -2.22. The van der Waals surface area contributed by atoms with Crippen LogP contribution in [0.4, 0.5) is 5.69 Å². The van der Waals surface area contributed by atoms with Crippen LogP contribution in [0.3, 0.4) is 0 Å². The van der Waals surface area contributed by atoms with Gasteiger partial charge in [-0.05, 0) is 37.5 Å². The summed E-state index contributed by atoms with van der Waals surface area (Å²) in [6.07, 6.45) is 1.85. The number of hydrogen-bond donors (Lipinski definition) is 2. The van der Waals surface area contributed by atoms with E-state index in [1.807, 2.05) is 29.9 Å². The fourth-order valence-corrected chi connectivity index (χ4v) is 2.65. The van der Waals surface area contributed by atoms with E-state index in [0.717, 1.165) is 24.2 Å². The Bertz CT molecular complexity index is 670. The molecule has 0 atom stereocenters. The van der Waals surface area contributed by atoms with Crippen molar-refractivity contribution in [2.24, 2.45) is 17.8 Å². The highest BCUT2D eigenvalue weighted by atomic mass is 15.3. The van der Waals surface area contributed by atoms with Gasteiger partial charge < -0.3 is 11.1 Å². The second-order valence-electron chi connectivity index (χ2n) is 5.40. The maximum absolute atomic E-state index is 6.01. The summed E-state index contributed by atoms with van der Waals surface area (Å²) in [5.74, 6) is 0.429. The summed E-state index contributed by atoms with van der Waals surface area (Å²) in [6.45, 7) is 6.86. The predicted molar refractivity (Wildman–Crippen MR) is 92.1 cm³/mol. The van der Waals surface area contributed by atoms with E-state index < -0.39 is 0 Å². The van der Waals surface area contributed by atoms with Crippen LogP contribution in [-0.2, 0) is 26.4 Å². The lowest BCUT2D eigenvalue weighted by molar-refractivity contribution is 0.703. The van der Waals surface area contributed by atoms with Gasteiger partial charge in [-0.2, -0.15) is 5.10 Å². The maximum atomic E-state index is 6.01. The monoisotopic (exact) mass is 299 g/mol. The molecule has 1 aromatic carbocycles. The lowest BCUT2D eigenvalue weighted by Gasteiger charge is -2.07. The number of nitrogens with zero attached hydrogens (tertiary/aromatic N) is 3. The molecule has 0 unspecified atom stereocenters. The summed E-state index contributed by atoms with van der Waals surface area (Å²) >= 11 is 0. The fourth-order valence-electron chi connectivity index (χ4n) is 2.65. The van der Waals surface area contributed by atoms with Crippen LogP contribution in [0.2, 0.25) is 0 Å². The molecule has 2 rings (SSSR count). The van der Waals surface area contributed by atoms with Gasteiger partial charge in [0.05, 0.1) is 12.2 Å². The molecule has 3 N–H and O–H groups in total. The average Bonchev–Trinajstić information content (AvgIpc) is 2.80. The highest BCUT2D eigenvalue weighted by Crippen LogP contribution is 2.16. The van der Waals surface area contributed by atoms with Gasteiger partial charge in [-0.3, -0.25) is 4.68 Å². The third-order valence-electron chi connectivity index (χ3n) is 3.73. The number of nitrogens with two attached hydrogens (primary N) is 1. The first-order chi connectivity index (χ1) is 10.5. The molecular weight excluding hydrogens is 274 g/mol. The molecule has 0 saturated carbocycles. The Morgan fingerprint density at radius 1 is 1.32 bits per heavy atom. The molecular formula is C17H25N5. The van der Waals surface area contributed by atoms with E-state index in [1.54, 1.807) is 0 Å². The Hall–Kier alpha value is -2.30. The molecule has 0 radical (unpaired) electrons. The molecule has 1 aromatic heterocycles. The van der Waals surface area contributed by atoms with Crippen molar-refractivity contribution in [2.45, 2.75) is 40.2 Å². The molecule has 118 valence electrons. The molecule has 0 aliphatic rings. The normalized spacial score (nSPS) is 11.7.